The molecule has 0 heterocycles. The van der Waals surface area contributed by atoms with Gasteiger partial charge >= 0.3 is 0 Å². The minimum atomic E-state index is 0.701. The third-order valence-electron chi connectivity index (χ3n) is 1.18. The van der Waals surface area contributed by atoms with E-state index in [-0.39, 0.29) is 0 Å². The van der Waals surface area contributed by atoms with E-state index in [1.165, 1.54) is 0 Å². The van der Waals surface area contributed by atoms with E-state index in [9.17, 15) is 0 Å². The molecule has 0 N–H and O–H groups in total. The summed E-state index contributed by atoms with van der Waals surface area (Å²) < 4.78 is 5.14. The standard InChI is InChI=1S/C8H15NO/c1-4-6-9(3)7-8-10-5-2/h1H,5-8H2,2-3H3. The van der Waals surface area contributed by atoms with Gasteiger partial charge in [-0.3, -0.25) is 4.90 Å². The molecule has 0 radical (unpaired) electrons. The van der Waals surface area contributed by atoms with Crippen molar-refractivity contribution in [3.05, 3.63) is 0 Å². The van der Waals surface area contributed by atoms with E-state index >= 15 is 0 Å². The Hall–Kier alpha value is -0.520. The summed E-state index contributed by atoms with van der Waals surface area (Å²) in [4.78, 5) is 2.05. The molecule has 2 heteroatoms. The van der Waals surface area contributed by atoms with Crippen LogP contribution in [0.3, 0.4) is 0 Å². The van der Waals surface area contributed by atoms with Gasteiger partial charge in [-0.2, -0.15) is 0 Å². The Morgan fingerprint density at radius 3 is 2.80 bits per heavy atom. The predicted octanol–water partition coefficient (Wildman–Crippen LogP) is 0.588. The Balaban J connectivity index is 3.06. The minimum Gasteiger partial charge on any atom is -0.380 e. The lowest BCUT2D eigenvalue weighted by atomic mass is 10.5. The van der Waals surface area contributed by atoms with Crippen LogP contribution in [0.4, 0.5) is 0 Å². The molecule has 0 aromatic carbocycles. The molecule has 0 aliphatic heterocycles. The number of likely N-dealkylation sites (N-methyl/N-ethyl adjacent to an activating group) is 1. The first-order chi connectivity index (χ1) is 4.81. The van der Waals surface area contributed by atoms with Gasteiger partial charge in [-0.05, 0) is 14.0 Å². The van der Waals surface area contributed by atoms with Crippen LogP contribution in [-0.2, 0) is 4.74 Å². The van der Waals surface area contributed by atoms with E-state index < -0.39 is 0 Å². The van der Waals surface area contributed by atoms with Crippen molar-refractivity contribution in [2.45, 2.75) is 6.92 Å². The number of nitrogens with zero attached hydrogens (tertiary/aromatic N) is 1. The molecular weight excluding hydrogens is 126 g/mol. The molecule has 0 aliphatic rings. The van der Waals surface area contributed by atoms with Crippen LogP contribution in [0.15, 0.2) is 0 Å². The molecule has 0 saturated heterocycles. The molecule has 0 bridgehead atoms. The molecule has 0 aromatic heterocycles. The van der Waals surface area contributed by atoms with Crippen LogP contribution in [-0.4, -0.2) is 38.3 Å². The molecule has 0 rings (SSSR count). The van der Waals surface area contributed by atoms with Gasteiger partial charge in [-0.1, -0.05) is 5.92 Å². The summed E-state index contributed by atoms with van der Waals surface area (Å²) in [5.74, 6) is 2.56. The molecule has 0 amide bonds. The van der Waals surface area contributed by atoms with Crippen LogP contribution in [0.25, 0.3) is 0 Å². The van der Waals surface area contributed by atoms with Crippen LogP contribution < -0.4 is 0 Å². The van der Waals surface area contributed by atoms with E-state index in [1.54, 1.807) is 0 Å². The minimum absolute atomic E-state index is 0.701. The summed E-state index contributed by atoms with van der Waals surface area (Å²) in [7, 11) is 1.98. The second-order valence-electron chi connectivity index (χ2n) is 2.14. The van der Waals surface area contributed by atoms with Crippen molar-refractivity contribution in [1.82, 2.24) is 4.90 Å². The van der Waals surface area contributed by atoms with Crippen LogP contribution in [0.5, 0.6) is 0 Å². The molecule has 0 aliphatic carbocycles. The largest absolute Gasteiger partial charge is 0.380 e. The number of hydrogen-bond donors (Lipinski definition) is 0. The first kappa shape index (κ1) is 9.48. The van der Waals surface area contributed by atoms with E-state index in [4.69, 9.17) is 11.2 Å². The lowest BCUT2D eigenvalue weighted by Gasteiger charge is -2.11. The Morgan fingerprint density at radius 2 is 2.30 bits per heavy atom. The summed E-state index contributed by atoms with van der Waals surface area (Å²) in [6, 6.07) is 0. The normalized spacial score (nSPS) is 9.80. The smallest absolute Gasteiger partial charge is 0.0597 e. The zero-order valence-corrected chi connectivity index (χ0v) is 6.76. The number of ether oxygens (including phenoxy) is 1. The van der Waals surface area contributed by atoms with E-state index in [0.29, 0.717) is 6.54 Å². The van der Waals surface area contributed by atoms with E-state index in [1.807, 2.05) is 14.0 Å². The highest BCUT2D eigenvalue weighted by molar-refractivity contribution is 4.86. The second-order valence-corrected chi connectivity index (χ2v) is 2.14. The lowest BCUT2D eigenvalue weighted by Crippen LogP contribution is -2.23. The quantitative estimate of drug-likeness (QED) is 0.410. The van der Waals surface area contributed by atoms with Gasteiger partial charge in [0.05, 0.1) is 13.2 Å². The van der Waals surface area contributed by atoms with Crippen LogP contribution in [0, 0.1) is 12.3 Å². The third kappa shape index (κ3) is 5.61. The zero-order valence-electron chi connectivity index (χ0n) is 6.76. The summed E-state index contributed by atoms with van der Waals surface area (Å²) in [5, 5.41) is 0. The zero-order chi connectivity index (χ0) is 7.82. The summed E-state index contributed by atoms with van der Waals surface area (Å²) >= 11 is 0. The first-order valence-electron chi connectivity index (χ1n) is 3.51. The molecule has 2 nitrogen and oxygen atoms in total. The van der Waals surface area contributed by atoms with Crippen LogP contribution in [0.2, 0.25) is 0 Å². The molecule has 0 aromatic rings. The van der Waals surface area contributed by atoms with Crippen LogP contribution >= 0.6 is 0 Å². The SMILES string of the molecule is C#CCN(C)CCOCC. The highest BCUT2D eigenvalue weighted by Crippen LogP contribution is 1.80. The van der Waals surface area contributed by atoms with Crippen molar-refractivity contribution in [1.29, 1.82) is 0 Å². The molecule has 0 unspecified atom stereocenters. The number of rotatable bonds is 5. The van der Waals surface area contributed by atoms with Gasteiger partial charge in [-0.25, -0.2) is 0 Å². The lowest BCUT2D eigenvalue weighted by molar-refractivity contribution is 0.126. The summed E-state index contributed by atoms with van der Waals surface area (Å²) in [5.41, 5.74) is 0. The Kier molecular flexibility index (Phi) is 6.25. The first-order valence-corrected chi connectivity index (χ1v) is 3.51. The van der Waals surface area contributed by atoms with Crippen molar-refractivity contribution in [3.63, 3.8) is 0 Å². The maximum Gasteiger partial charge on any atom is 0.0597 e. The van der Waals surface area contributed by atoms with E-state index in [2.05, 4.69) is 10.8 Å². The fraction of sp³-hybridized carbons (Fsp3) is 0.750. The van der Waals surface area contributed by atoms with Crippen molar-refractivity contribution < 1.29 is 4.74 Å². The summed E-state index contributed by atoms with van der Waals surface area (Å²) in [6.45, 7) is 5.16. The van der Waals surface area contributed by atoms with Gasteiger partial charge in [0.25, 0.3) is 0 Å². The number of hydrogen-bond acceptors (Lipinski definition) is 2. The molecule has 0 spiro atoms. The van der Waals surface area contributed by atoms with Gasteiger partial charge in [0, 0.05) is 13.2 Å². The number of terminal acetylenes is 1. The van der Waals surface area contributed by atoms with Crippen molar-refractivity contribution in [3.8, 4) is 12.3 Å². The van der Waals surface area contributed by atoms with Gasteiger partial charge in [0.1, 0.15) is 0 Å². The molecule has 58 valence electrons. The third-order valence-corrected chi connectivity index (χ3v) is 1.18. The monoisotopic (exact) mass is 141 g/mol. The summed E-state index contributed by atoms with van der Waals surface area (Å²) in [6.07, 6.45) is 5.10. The van der Waals surface area contributed by atoms with Gasteiger partial charge < -0.3 is 4.74 Å². The molecular formula is C8H15NO. The molecule has 0 fully saturated rings. The Bertz CT molecular complexity index is 106. The van der Waals surface area contributed by atoms with Crippen LogP contribution in [0.1, 0.15) is 6.92 Å². The van der Waals surface area contributed by atoms with E-state index in [0.717, 1.165) is 19.8 Å². The molecule has 0 atom stereocenters. The molecule has 10 heavy (non-hydrogen) atoms. The van der Waals surface area contributed by atoms with Crippen molar-refractivity contribution >= 4 is 0 Å². The highest BCUT2D eigenvalue weighted by atomic mass is 16.5. The Morgan fingerprint density at radius 1 is 1.60 bits per heavy atom. The second kappa shape index (κ2) is 6.60. The van der Waals surface area contributed by atoms with Gasteiger partial charge in [0.2, 0.25) is 0 Å². The topological polar surface area (TPSA) is 12.5 Å². The predicted molar refractivity (Wildman–Crippen MR) is 42.8 cm³/mol. The van der Waals surface area contributed by atoms with Gasteiger partial charge in [0.15, 0.2) is 0 Å². The maximum atomic E-state index is 5.14. The van der Waals surface area contributed by atoms with Crippen molar-refractivity contribution in [2.75, 3.05) is 33.4 Å². The molecule has 0 saturated carbocycles. The average Bonchev–Trinajstić information content (AvgIpc) is 1.89. The Labute approximate surface area is 63.2 Å². The van der Waals surface area contributed by atoms with Crippen molar-refractivity contribution in [2.24, 2.45) is 0 Å². The highest BCUT2D eigenvalue weighted by Gasteiger charge is 1.92. The fourth-order valence-corrected chi connectivity index (χ4v) is 0.600. The maximum absolute atomic E-state index is 5.14. The average molecular weight is 141 g/mol. The fourth-order valence-electron chi connectivity index (χ4n) is 0.600. The van der Waals surface area contributed by atoms with Gasteiger partial charge in [-0.15, -0.1) is 6.42 Å².